The van der Waals surface area contributed by atoms with Crippen LogP contribution in [0.1, 0.15) is 58.6 Å². The molecule has 0 bridgehead atoms. The second-order valence-electron chi connectivity index (χ2n) is 8.51. The van der Waals surface area contributed by atoms with Gasteiger partial charge in [-0.1, -0.05) is 43.5 Å². The van der Waals surface area contributed by atoms with E-state index in [0.717, 1.165) is 45.9 Å². The normalized spacial score (nSPS) is 14.2. The Hall–Kier alpha value is -2.99. The van der Waals surface area contributed by atoms with Gasteiger partial charge in [0, 0.05) is 28.2 Å². The highest BCUT2D eigenvalue weighted by Crippen LogP contribution is 2.23. The third kappa shape index (κ3) is 5.62. The van der Waals surface area contributed by atoms with Gasteiger partial charge in [-0.3, -0.25) is 9.59 Å². The Bertz CT molecular complexity index is 1100. The van der Waals surface area contributed by atoms with Crippen LogP contribution in [0, 0.1) is 13.8 Å². The summed E-state index contributed by atoms with van der Waals surface area (Å²) in [5.41, 5.74) is 5.21. The Kier molecular flexibility index (Phi) is 7.00. The van der Waals surface area contributed by atoms with Gasteiger partial charge >= 0.3 is 0 Å². The highest BCUT2D eigenvalue weighted by molar-refractivity contribution is 7.09. The van der Waals surface area contributed by atoms with E-state index in [1.54, 1.807) is 17.4 Å². The van der Waals surface area contributed by atoms with Crippen molar-refractivity contribution in [3.63, 3.8) is 0 Å². The molecule has 0 atom stereocenters. The van der Waals surface area contributed by atoms with E-state index in [1.165, 1.54) is 19.3 Å². The fraction of sp³-hybridized carbons (Fsp3) is 0.346. The van der Waals surface area contributed by atoms with Gasteiger partial charge in [-0.05, 0) is 56.0 Å². The van der Waals surface area contributed by atoms with Crippen LogP contribution in [0.5, 0.6) is 0 Å². The van der Waals surface area contributed by atoms with Crippen LogP contribution in [0.15, 0.2) is 47.8 Å². The predicted octanol–water partition coefficient (Wildman–Crippen LogP) is 5.67. The molecule has 4 rings (SSSR count). The van der Waals surface area contributed by atoms with E-state index in [0.29, 0.717) is 12.0 Å². The second kappa shape index (κ2) is 10.1. The van der Waals surface area contributed by atoms with Crippen LogP contribution in [-0.4, -0.2) is 22.8 Å². The number of nitrogens with one attached hydrogen (secondary N) is 2. The SMILES string of the molecule is Cc1nc(-c2ccc(CC(=O)Nc3ccc(C(=O)NC4CCCCC4)cc3C)cc2)cs1. The summed E-state index contributed by atoms with van der Waals surface area (Å²) in [5, 5.41) is 9.20. The van der Waals surface area contributed by atoms with Gasteiger partial charge in [0.05, 0.1) is 17.1 Å². The Morgan fingerprint density at radius 1 is 1.03 bits per heavy atom. The van der Waals surface area contributed by atoms with E-state index in [9.17, 15) is 9.59 Å². The van der Waals surface area contributed by atoms with Crippen LogP contribution in [0.2, 0.25) is 0 Å². The molecular formula is C26H29N3O2S. The van der Waals surface area contributed by atoms with Gasteiger partial charge in [-0.2, -0.15) is 0 Å². The van der Waals surface area contributed by atoms with E-state index in [2.05, 4.69) is 15.6 Å². The highest BCUT2D eigenvalue weighted by atomic mass is 32.1. The molecule has 1 aliphatic rings. The number of carbonyl (C=O) groups excluding carboxylic acids is 2. The fourth-order valence-corrected chi connectivity index (χ4v) is 4.75. The van der Waals surface area contributed by atoms with Crippen LogP contribution in [0.4, 0.5) is 5.69 Å². The van der Waals surface area contributed by atoms with E-state index in [1.807, 2.05) is 55.6 Å². The number of aromatic nitrogens is 1. The Morgan fingerprint density at radius 2 is 1.78 bits per heavy atom. The number of hydrogen-bond donors (Lipinski definition) is 2. The molecule has 1 fully saturated rings. The number of hydrogen-bond acceptors (Lipinski definition) is 4. The third-order valence-corrected chi connectivity index (χ3v) is 6.71. The van der Waals surface area contributed by atoms with Crippen molar-refractivity contribution in [3.8, 4) is 11.3 Å². The number of benzene rings is 2. The van der Waals surface area contributed by atoms with E-state index in [-0.39, 0.29) is 17.9 Å². The molecule has 1 aliphatic carbocycles. The minimum absolute atomic E-state index is 0.0340. The molecule has 3 aromatic rings. The maximum atomic E-state index is 12.6. The molecule has 32 heavy (non-hydrogen) atoms. The lowest BCUT2D eigenvalue weighted by molar-refractivity contribution is -0.115. The maximum Gasteiger partial charge on any atom is 0.251 e. The first-order chi connectivity index (χ1) is 15.5. The molecule has 1 heterocycles. The van der Waals surface area contributed by atoms with Gasteiger partial charge in [0.15, 0.2) is 0 Å². The van der Waals surface area contributed by atoms with Crippen molar-refractivity contribution in [2.45, 2.75) is 58.4 Å². The molecular weight excluding hydrogens is 418 g/mol. The predicted molar refractivity (Wildman–Crippen MR) is 130 cm³/mol. The first-order valence-corrected chi connectivity index (χ1v) is 12.1. The minimum atomic E-state index is -0.0789. The van der Waals surface area contributed by atoms with Gasteiger partial charge in [0.25, 0.3) is 5.91 Å². The van der Waals surface area contributed by atoms with E-state index >= 15 is 0 Å². The van der Waals surface area contributed by atoms with Crippen LogP contribution in [-0.2, 0) is 11.2 Å². The summed E-state index contributed by atoms with van der Waals surface area (Å²) in [6.07, 6.45) is 6.03. The summed E-state index contributed by atoms with van der Waals surface area (Å²) in [4.78, 5) is 29.6. The van der Waals surface area contributed by atoms with Crippen molar-refractivity contribution < 1.29 is 9.59 Å². The zero-order valence-electron chi connectivity index (χ0n) is 18.6. The number of rotatable bonds is 6. The third-order valence-electron chi connectivity index (χ3n) is 5.94. The zero-order chi connectivity index (χ0) is 22.5. The van der Waals surface area contributed by atoms with Crippen molar-refractivity contribution in [2.75, 3.05) is 5.32 Å². The molecule has 1 aromatic heterocycles. The van der Waals surface area contributed by atoms with E-state index < -0.39 is 0 Å². The quantitative estimate of drug-likeness (QED) is 0.511. The van der Waals surface area contributed by atoms with Crippen molar-refractivity contribution in [1.82, 2.24) is 10.3 Å². The molecule has 0 radical (unpaired) electrons. The van der Waals surface area contributed by atoms with Crippen molar-refractivity contribution in [3.05, 3.63) is 69.5 Å². The summed E-state index contributed by atoms with van der Waals surface area (Å²) in [6, 6.07) is 13.7. The van der Waals surface area contributed by atoms with Crippen molar-refractivity contribution in [1.29, 1.82) is 0 Å². The summed E-state index contributed by atoms with van der Waals surface area (Å²) in [6.45, 7) is 3.90. The smallest absolute Gasteiger partial charge is 0.251 e. The lowest BCUT2D eigenvalue weighted by Crippen LogP contribution is -2.36. The van der Waals surface area contributed by atoms with Crippen LogP contribution >= 0.6 is 11.3 Å². The van der Waals surface area contributed by atoms with Crippen LogP contribution < -0.4 is 10.6 Å². The van der Waals surface area contributed by atoms with Gasteiger partial charge in [-0.25, -0.2) is 4.98 Å². The fourth-order valence-electron chi connectivity index (χ4n) is 4.13. The lowest BCUT2D eigenvalue weighted by atomic mass is 9.95. The van der Waals surface area contributed by atoms with Gasteiger partial charge in [0.2, 0.25) is 5.91 Å². The Balaban J connectivity index is 1.34. The second-order valence-corrected chi connectivity index (χ2v) is 9.57. The molecule has 1 saturated carbocycles. The largest absolute Gasteiger partial charge is 0.349 e. The monoisotopic (exact) mass is 447 g/mol. The highest BCUT2D eigenvalue weighted by Gasteiger charge is 2.17. The molecule has 5 nitrogen and oxygen atoms in total. The minimum Gasteiger partial charge on any atom is -0.349 e. The van der Waals surface area contributed by atoms with Crippen molar-refractivity contribution >= 4 is 28.8 Å². The summed E-state index contributed by atoms with van der Waals surface area (Å²) in [7, 11) is 0. The molecule has 166 valence electrons. The first kappa shape index (κ1) is 22.2. The van der Waals surface area contributed by atoms with Gasteiger partial charge < -0.3 is 10.6 Å². The summed E-state index contributed by atoms with van der Waals surface area (Å²) < 4.78 is 0. The lowest BCUT2D eigenvalue weighted by Gasteiger charge is -2.23. The molecule has 0 spiro atoms. The van der Waals surface area contributed by atoms with Crippen LogP contribution in [0.25, 0.3) is 11.3 Å². The average Bonchev–Trinajstić information content (AvgIpc) is 3.22. The molecule has 0 saturated heterocycles. The summed E-state index contributed by atoms with van der Waals surface area (Å²) >= 11 is 1.63. The van der Waals surface area contributed by atoms with Gasteiger partial charge in [-0.15, -0.1) is 11.3 Å². The number of anilines is 1. The van der Waals surface area contributed by atoms with Crippen molar-refractivity contribution in [2.24, 2.45) is 0 Å². The Labute approximate surface area is 193 Å². The maximum absolute atomic E-state index is 12.6. The zero-order valence-corrected chi connectivity index (χ0v) is 19.4. The van der Waals surface area contributed by atoms with Crippen LogP contribution in [0.3, 0.4) is 0 Å². The molecule has 6 heteroatoms. The number of carbonyl (C=O) groups is 2. The average molecular weight is 448 g/mol. The summed E-state index contributed by atoms with van der Waals surface area (Å²) in [5.74, 6) is -0.113. The topological polar surface area (TPSA) is 71.1 Å². The molecule has 0 aliphatic heterocycles. The number of amides is 2. The standard InChI is InChI=1S/C26H29N3O2S/c1-17-14-21(26(31)28-22-6-4-3-5-7-22)12-13-23(17)29-25(30)15-19-8-10-20(11-9-19)24-16-32-18(2)27-24/h8-14,16,22H,3-7,15H2,1-2H3,(H,28,31)(H,29,30). The molecule has 2 aromatic carbocycles. The Morgan fingerprint density at radius 3 is 2.44 bits per heavy atom. The molecule has 2 N–H and O–H groups in total. The van der Waals surface area contributed by atoms with Gasteiger partial charge in [0.1, 0.15) is 0 Å². The number of nitrogens with zero attached hydrogens (tertiary/aromatic N) is 1. The van der Waals surface area contributed by atoms with E-state index in [4.69, 9.17) is 0 Å². The number of aryl methyl sites for hydroxylation is 2. The molecule has 2 amide bonds. The first-order valence-electron chi connectivity index (χ1n) is 11.2. The number of thiazole rings is 1. The molecule has 0 unspecified atom stereocenters.